The number of hydrogen-bond donors (Lipinski definition) is 1. The molecule has 0 bridgehead atoms. The van der Waals surface area contributed by atoms with Crippen LogP contribution in [0.15, 0.2) is 54.1 Å². The summed E-state index contributed by atoms with van der Waals surface area (Å²) in [6.07, 6.45) is 1.99. The highest BCUT2D eigenvalue weighted by Gasteiger charge is 2.11. The molecule has 0 heterocycles. The van der Waals surface area contributed by atoms with Crippen LogP contribution in [-0.2, 0) is 11.2 Å². The summed E-state index contributed by atoms with van der Waals surface area (Å²) >= 11 is 0. The zero-order valence-corrected chi connectivity index (χ0v) is 12.6. The number of aliphatic carboxylic acids is 1. The molecule has 1 N–H and O–H groups in total. The molecule has 0 unspecified atom stereocenters. The van der Waals surface area contributed by atoms with Crippen LogP contribution in [0.5, 0.6) is 11.5 Å². The largest absolute Gasteiger partial charge is 0.493 e. The van der Waals surface area contributed by atoms with E-state index >= 15 is 0 Å². The van der Waals surface area contributed by atoms with E-state index in [-0.39, 0.29) is 0 Å². The zero-order valence-electron chi connectivity index (χ0n) is 12.6. The van der Waals surface area contributed by atoms with Gasteiger partial charge in [-0.05, 0) is 29.3 Å². The van der Waals surface area contributed by atoms with E-state index in [2.05, 4.69) is 0 Å². The quantitative estimate of drug-likeness (QED) is 0.830. The summed E-state index contributed by atoms with van der Waals surface area (Å²) in [6.45, 7) is 0. The van der Waals surface area contributed by atoms with Gasteiger partial charge < -0.3 is 14.6 Å². The van der Waals surface area contributed by atoms with Gasteiger partial charge in [-0.3, -0.25) is 0 Å². The van der Waals surface area contributed by atoms with E-state index in [9.17, 15) is 9.90 Å². The van der Waals surface area contributed by atoms with Crippen molar-refractivity contribution in [1.29, 1.82) is 0 Å². The molecule has 22 heavy (non-hydrogen) atoms. The van der Waals surface area contributed by atoms with Crippen molar-refractivity contribution in [3.8, 4) is 11.5 Å². The lowest BCUT2D eigenvalue weighted by Crippen LogP contribution is -2.04. The highest BCUT2D eigenvalue weighted by Crippen LogP contribution is 2.28. The molecule has 2 rings (SSSR count). The highest BCUT2D eigenvalue weighted by atomic mass is 16.5. The van der Waals surface area contributed by atoms with Gasteiger partial charge in [-0.15, -0.1) is 0 Å². The fourth-order valence-corrected chi connectivity index (χ4v) is 2.15. The first-order chi connectivity index (χ1) is 10.6. The number of carboxylic acids is 1. The molecule has 0 saturated heterocycles. The van der Waals surface area contributed by atoms with Crippen molar-refractivity contribution in [3.05, 3.63) is 65.2 Å². The van der Waals surface area contributed by atoms with Gasteiger partial charge in [0.2, 0.25) is 0 Å². The van der Waals surface area contributed by atoms with Crippen LogP contribution >= 0.6 is 0 Å². The summed E-state index contributed by atoms with van der Waals surface area (Å²) in [5, 5.41) is 9.40. The standard InChI is InChI=1S/C18H18O4/c1-21-16-9-8-14(12-17(16)22-2)11-15(18(19)20)10-13-6-4-3-5-7-13/h3-10,12H,11H2,1-2H3,(H,19,20). The molecule has 4 heteroatoms. The highest BCUT2D eigenvalue weighted by molar-refractivity contribution is 5.92. The second-order valence-electron chi connectivity index (χ2n) is 4.75. The Labute approximate surface area is 129 Å². The molecular weight excluding hydrogens is 280 g/mol. The first kappa shape index (κ1) is 15.6. The number of rotatable bonds is 6. The summed E-state index contributed by atoms with van der Waals surface area (Å²) in [5.41, 5.74) is 2.03. The van der Waals surface area contributed by atoms with Gasteiger partial charge in [-0.1, -0.05) is 36.4 Å². The predicted molar refractivity (Wildman–Crippen MR) is 85.3 cm³/mol. The third-order valence-corrected chi connectivity index (χ3v) is 3.26. The van der Waals surface area contributed by atoms with Crippen LogP contribution in [0.4, 0.5) is 0 Å². The van der Waals surface area contributed by atoms with E-state index in [4.69, 9.17) is 9.47 Å². The van der Waals surface area contributed by atoms with E-state index < -0.39 is 5.97 Å². The maximum atomic E-state index is 11.5. The summed E-state index contributed by atoms with van der Waals surface area (Å²) in [5.74, 6) is 0.276. The Morgan fingerprint density at radius 2 is 1.73 bits per heavy atom. The van der Waals surface area contributed by atoms with Gasteiger partial charge in [0.15, 0.2) is 11.5 Å². The van der Waals surface area contributed by atoms with Crippen LogP contribution in [0.25, 0.3) is 6.08 Å². The van der Waals surface area contributed by atoms with Gasteiger partial charge in [0.25, 0.3) is 0 Å². The average molecular weight is 298 g/mol. The molecule has 0 aliphatic carbocycles. The van der Waals surface area contributed by atoms with Crippen LogP contribution in [0.2, 0.25) is 0 Å². The summed E-state index contributed by atoms with van der Waals surface area (Å²) in [7, 11) is 3.12. The monoisotopic (exact) mass is 298 g/mol. The molecule has 4 nitrogen and oxygen atoms in total. The van der Waals surface area contributed by atoms with Crippen LogP contribution in [0.3, 0.4) is 0 Å². The van der Waals surface area contributed by atoms with Crippen molar-refractivity contribution < 1.29 is 19.4 Å². The molecule has 0 aliphatic rings. The summed E-state index contributed by atoms with van der Waals surface area (Å²) in [4.78, 5) is 11.5. The van der Waals surface area contributed by atoms with Crippen LogP contribution in [-0.4, -0.2) is 25.3 Å². The third-order valence-electron chi connectivity index (χ3n) is 3.26. The molecular formula is C18H18O4. The minimum Gasteiger partial charge on any atom is -0.493 e. The molecule has 114 valence electrons. The molecule has 0 atom stereocenters. The SMILES string of the molecule is COc1ccc(CC(=Cc2ccccc2)C(=O)O)cc1OC. The fraction of sp³-hybridized carbons (Fsp3) is 0.167. The van der Waals surface area contributed by atoms with Crippen molar-refractivity contribution in [1.82, 2.24) is 0 Å². The van der Waals surface area contributed by atoms with Crippen molar-refractivity contribution in [2.75, 3.05) is 14.2 Å². The lowest BCUT2D eigenvalue weighted by atomic mass is 10.0. The maximum absolute atomic E-state index is 11.5. The topological polar surface area (TPSA) is 55.8 Å². The molecule has 0 aromatic heterocycles. The van der Waals surface area contributed by atoms with Gasteiger partial charge in [-0.25, -0.2) is 4.79 Å². The molecule has 0 fully saturated rings. The van der Waals surface area contributed by atoms with Gasteiger partial charge in [0.05, 0.1) is 14.2 Å². The number of ether oxygens (including phenoxy) is 2. The number of hydrogen-bond acceptors (Lipinski definition) is 3. The lowest BCUT2D eigenvalue weighted by Gasteiger charge is -2.10. The number of methoxy groups -OCH3 is 2. The Bertz CT molecular complexity index is 675. The van der Waals surface area contributed by atoms with E-state index in [1.165, 1.54) is 0 Å². The lowest BCUT2D eigenvalue weighted by molar-refractivity contribution is -0.132. The van der Waals surface area contributed by atoms with Crippen molar-refractivity contribution in [2.24, 2.45) is 0 Å². The van der Waals surface area contributed by atoms with Crippen molar-refractivity contribution >= 4 is 12.0 Å². The molecule has 0 amide bonds. The van der Waals surface area contributed by atoms with Crippen LogP contribution in [0.1, 0.15) is 11.1 Å². The smallest absolute Gasteiger partial charge is 0.331 e. The molecule has 0 radical (unpaired) electrons. The molecule has 0 spiro atoms. The van der Waals surface area contributed by atoms with Gasteiger partial charge in [0, 0.05) is 12.0 Å². The Kier molecular flexibility index (Phi) is 5.20. The van der Waals surface area contributed by atoms with E-state index in [1.807, 2.05) is 36.4 Å². The van der Waals surface area contributed by atoms with E-state index in [1.54, 1.807) is 32.4 Å². The maximum Gasteiger partial charge on any atom is 0.331 e. The van der Waals surface area contributed by atoms with Crippen molar-refractivity contribution in [3.63, 3.8) is 0 Å². The Hall–Kier alpha value is -2.75. The Morgan fingerprint density at radius 3 is 2.32 bits per heavy atom. The minimum atomic E-state index is -0.932. The third kappa shape index (κ3) is 3.88. The normalized spacial score (nSPS) is 11.1. The average Bonchev–Trinajstić information content (AvgIpc) is 2.55. The number of carbonyl (C=O) groups is 1. The second kappa shape index (κ2) is 7.31. The number of benzene rings is 2. The first-order valence-electron chi connectivity index (χ1n) is 6.84. The van der Waals surface area contributed by atoms with Gasteiger partial charge in [-0.2, -0.15) is 0 Å². The van der Waals surface area contributed by atoms with E-state index in [0.717, 1.165) is 11.1 Å². The van der Waals surface area contributed by atoms with Gasteiger partial charge in [0.1, 0.15) is 0 Å². The molecule has 0 aliphatic heterocycles. The Balaban J connectivity index is 2.29. The molecule has 2 aromatic carbocycles. The Morgan fingerprint density at radius 1 is 1.05 bits per heavy atom. The second-order valence-corrected chi connectivity index (χ2v) is 4.75. The molecule has 0 saturated carbocycles. The first-order valence-corrected chi connectivity index (χ1v) is 6.84. The predicted octanol–water partition coefficient (Wildman–Crippen LogP) is 3.41. The number of carboxylic acid groups (broad SMARTS) is 1. The fourth-order valence-electron chi connectivity index (χ4n) is 2.15. The molecule has 2 aromatic rings. The van der Waals surface area contributed by atoms with Crippen LogP contribution in [0, 0.1) is 0 Å². The van der Waals surface area contributed by atoms with Crippen LogP contribution < -0.4 is 9.47 Å². The van der Waals surface area contributed by atoms with Gasteiger partial charge >= 0.3 is 5.97 Å². The van der Waals surface area contributed by atoms with Crippen molar-refractivity contribution in [2.45, 2.75) is 6.42 Å². The van der Waals surface area contributed by atoms with E-state index in [0.29, 0.717) is 23.5 Å². The summed E-state index contributed by atoms with van der Waals surface area (Å²) < 4.78 is 10.4. The summed E-state index contributed by atoms with van der Waals surface area (Å²) in [6, 6.07) is 14.8. The minimum absolute atomic E-state index is 0.310. The zero-order chi connectivity index (χ0) is 15.9.